The van der Waals surface area contributed by atoms with Crippen LogP contribution in [-0.4, -0.2) is 52.6 Å². The number of benzene rings is 1. The normalized spacial score (nSPS) is 19.4. The standard InChI is InChI=1S/C18H24N2O5/c1-3-25-18(24)16(12(2)21)19-17(23)14-9-10-15(22)20(14)11-13-7-5-4-6-8-13/h4-8,12,14,16,21H,3,9-11H2,1-2H3,(H,19,23)/t12?,14-,16?/m1/s1. The molecular weight excluding hydrogens is 324 g/mol. The molecule has 0 saturated carbocycles. The van der Waals surface area contributed by atoms with Crippen LogP contribution in [0.15, 0.2) is 30.3 Å². The number of carbonyl (C=O) groups excluding carboxylic acids is 3. The Morgan fingerprint density at radius 2 is 2.04 bits per heavy atom. The largest absolute Gasteiger partial charge is 0.464 e. The maximum atomic E-state index is 12.6. The zero-order chi connectivity index (χ0) is 18.4. The monoisotopic (exact) mass is 348 g/mol. The molecule has 1 aliphatic rings. The second-order valence-corrected chi connectivity index (χ2v) is 6.04. The van der Waals surface area contributed by atoms with Crippen molar-refractivity contribution < 1.29 is 24.2 Å². The van der Waals surface area contributed by atoms with Crippen LogP contribution < -0.4 is 5.32 Å². The van der Waals surface area contributed by atoms with Crippen molar-refractivity contribution in [2.24, 2.45) is 0 Å². The number of amides is 2. The van der Waals surface area contributed by atoms with Crippen LogP contribution in [0.3, 0.4) is 0 Å². The third-order valence-corrected chi connectivity index (χ3v) is 4.15. The Kier molecular flexibility index (Phi) is 6.52. The number of aliphatic hydroxyl groups excluding tert-OH is 1. The molecule has 1 fully saturated rings. The van der Waals surface area contributed by atoms with Crippen LogP contribution in [-0.2, 0) is 25.7 Å². The van der Waals surface area contributed by atoms with Gasteiger partial charge in [0.05, 0.1) is 12.7 Å². The lowest BCUT2D eigenvalue weighted by Gasteiger charge is -2.27. The summed E-state index contributed by atoms with van der Waals surface area (Å²) in [6, 6.07) is 7.58. The number of hydrogen-bond donors (Lipinski definition) is 2. The lowest BCUT2D eigenvalue weighted by molar-refractivity contribution is -0.151. The van der Waals surface area contributed by atoms with Gasteiger partial charge >= 0.3 is 5.97 Å². The fourth-order valence-electron chi connectivity index (χ4n) is 2.84. The van der Waals surface area contributed by atoms with E-state index in [9.17, 15) is 19.5 Å². The van der Waals surface area contributed by atoms with Crippen molar-refractivity contribution in [2.75, 3.05) is 6.61 Å². The van der Waals surface area contributed by atoms with Gasteiger partial charge in [0.1, 0.15) is 6.04 Å². The van der Waals surface area contributed by atoms with E-state index in [-0.39, 0.29) is 18.9 Å². The molecule has 1 saturated heterocycles. The summed E-state index contributed by atoms with van der Waals surface area (Å²) in [5, 5.41) is 12.3. The first-order valence-corrected chi connectivity index (χ1v) is 8.42. The minimum atomic E-state index is -1.15. The highest BCUT2D eigenvalue weighted by Gasteiger charge is 2.38. The third-order valence-electron chi connectivity index (χ3n) is 4.15. The molecule has 0 radical (unpaired) electrons. The molecule has 0 aliphatic carbocycles. The predicted octanol–water partition coefficient (Wildman–Crippen LogP) is 0.606. The summed E-state index contributed by atoms with van der Waals surface area (Å²) in [5.41, 5.74) is 0.924. The molecule has 2 unspecified atom stereocenters. The number of ether oxygens (including phenoxy) is 1. The summed E-state index contributed by atoms with van der Waals surface area (Å²) in [6.45, 7) is 3.54. The number of nitrogens with one attached hydrogen (secondary N) is 1. The van der Waals surface area contributed by atoms with Crippen molar-refractivity contribution in [2.45, 2.75) is 51.4 Å². The van der Waals surface area contributed by atoms with E-state index < -0.39 is 30.1 Å². The minimum absolute atomic E-state index is 0.103. The average Bonchev–Trinajstić information content (AvgIpc) is 2.94. The number of carbonyl (C=O) groups is 3. The molecule has 3 atom stereocenters. The van der Waals surface area contributed by atoms with Gasteiger partial charge in [0, 0.05) is 13.0 Å². The van der Waals surface area contributed by atoms with E-state index in [1.807, 2.05) is 30.3 Å². The molecule has 1 aromatic carbocycles. The molecular formula is C18H24N2O5. The Morgan fingerprint density at radius 3 is 2.64 bits per heavy atom. The quantitative estimate of drug-likeness (QED) is 0.704. The van der Waals surface area contributed by atoms with Crippen LogP contribution in [0.2, 0.25) is 0 Å². The summed E-state index contributed by atoms with van der Waals surface area (Å²) in [6.07, 6.45) is -0.432. The smallest absolute Gasteiger partial charge is 0.331 e. The maximum Gasteiger partial charge on any atom is 0.331 e. The Morgan fingerprint density at radius 1 is 1.36 bits per heavy atom. The average molecular weight is 348 g/mol. The Labute approximate surface area is 147 Å². The van der Waals surface area contributed by atoms with Gasteiger partial charge in [-0.25, -0.2) is 4.79 Å². The molecule has 0 bridgehead atoms. The SMILES string of the molecule is CCOC(=O)C(NC(=O)[C@H]1CCC(=O)N1Cc1ccccc1)C(C)O. The van der Waals surface area contributed by atoms with E-state index in [4.69, 9.17) is 4.74 Å². The van der Waals surface area contributed by atoms with E-state index in [1.54, 1.807) is 6.92 Å². The number of esters is 1. The number of aliphatic hydroxyl groups is 1. The molecule has 2 N–H and O–H groups in total. The van der Waals surface area contributed by atoms with Gasteiger partial charge in [0.25, 0.3) is 0 Å². The van der Waals surface area contributed by atoms with Crippen molar-refractivity contribution >= 4 is 17.8 Å². The summed E-state index contributed by atoms with van der Waals surface area (Å²) < 4.78 is 4.88. The molecule has 25 heavy (non-hydrogen) atoms. The topological polar surface area (TPSA) is 95.9 Å². The van der Waals surface area contributed by atoms with Crippen LogP contribution in [0.1, 0.15) is 32.3 Å². The number of likely N-dealkylation sites (tertiary alicyclic amines) is 1. The first-order valence-electron chi connectivity index (χ1n) is 8.42. The fourth-order valence-corrected chi connectivity index (χ4v) is 2.84. The molecule has 2 rings (SSSR count). The summed E-state index contributed by atoms with van der Waals surface area (Å²) in [5.74, 6) is -1.25. The molecule has 7 heteroatoms. The van der Waals surface area contributed by atoms with Crippen LogP contribution in [0.4, 0.5) is 0 Å². The van der Waals surface area contributed by atoms with Gasteiger partial charge in [-0.2, -0.15) is 0 Å². The van der Waals surface area contributed by atoms with E-state index in [0.29, 0.717) is 13.0 Å². The fraction of sp³-hybridized carbons (Fsp3) is 0.500. The predicted molar refractivity (Wildman–Crippen MR) is 90.3 cm³/mol. The highest BCUT2D eigenvalue weighted by molar-refractivity contribution is 5.93. The van der Waals surface area contributed by atoms with Crippen molar-refractivity contribution in [3.8, 4) is 0 Å². The van der Waals surface area contributed by atoms with Crippen LogP contribution >= 0.6 is 0 Å². The minimum Gasteiger partial charge on any atom is -0.464 e. The van der Waals surface area contributed by atoms with E-state index in [2.05, 4.69) is 5.32 Å². The van der Waals surface area contributed by atoms with Gasteiger partial charge in [-0.1, -0.05) is 30.3 Å². The number of nitrogens with zero attached hydrogens (tertiary/aromatic N) is 1. The zero-order valence-corrected chi connectivity index (χ0v) is 14.5. The van der Waals surface area contributed by atoms with Gasteiger partial charge in [-0.3, -0.25) is 9.59 Å². The molecule has 0 spiro atoms. The molecule has 1 heterocycles. The van der Waals surface area contributed by atoms with E-state index >= 15 is 0 Å². The molecule has 2 amide bonds. The number of rotatable bonds is 7. The summed E-state index contributed by atoms with van der Waals surface area (Å²) in [4.78, 5) is 38.1. The van der Waals surface area contributed by atoms with Crippen LogP contribution in [0.5, 0.6) is 0 Å². The first kappa shape index (κ1) is 18.9. The summed E-state index contributed by atoms with van der Waals surface area (Å²) >= 11 is 0. The highest BCUT2D eigenvalue weighted by atomic mass is 16.5. The Bertz CT molecular complexity index is 617. The van der Waals surface area contributed by atoms with Gasteiger partial charge in [-0.05, 0) is 25.8 Å². The van der Waals surface area contributed by atoms with Crippen molar-refractivity contribution in [1.82, 2.24) is 10.2 Å². The van der Waals surface area contributed by atoms with Crippen molar-refractivity contribution in [3.63, 3.8) is 0 Å². The van der Waals surface area contributed by atoms with Crippen molar-refractivity contribution in [1.29, 1.82) is 0 Å². The highest BCUT2D eigenvalue weighted by Crippen LogP contribution is 2.22. The lowest BCUT2D eigenvalue weighted by Crippen LogP contribution is -2.54. The van der Waals surface area contributed by atoms with Crippen molar-refractivity contribution in [3.05, 3.63) is 35.9 Å². The second kappa shape index (κ2) is 8.62. The van der Waals surface area contributed by atoms with Gasteiger partial charge in [0.15, 0.2) is 6.04 Å². The number of hydrogen-bond acceptors (Lipinski definition) is 5. The molecule has 7 nitrogen and oxygen atoms in total. The molecule has 0 aromatic heterocycles. The van der Waals surface area contributed by atoms with Gasteiger partial charge < -0.3 is 20.1 Å². The Hall–Kier alpha value is -2.41. The lowest BCUT2D eigenvalue weighted by atomic mass is 10.1. The van der Waals surface area contributed by atoms with Crippen LogP contribution in [0, 0.1) is 0 Å². The Balaban J connectivity index is 2.08. The van der Waals surface area contributed by atoms with E-state index in [0.717, 1.165) is 5.56 Å². The summed E-state index contributed by atoms with van der Waals surface area (Å²) in [7, 11) is 0. The van der Waals surface area contributed by atoms with Gasteiger partial charge in [0.2, 0.25) is 11.8 Å². The third kappa shape index (κ3) is 4.79. The van der Waals surface area contributed by atoms with E-state index in [1.165, 1.54) is 11.8 Å². The molecule has 1 aliphatic heterocycles. The van der Waals surface area contributed by atoms with Gasteiger partial charge in [-0.15, -0.1) is 0 Å². The molecule has 136 valence electrons. The molecule has 1 aromatic rings. The first-order chi connectivity index (χ1) is 11.9. The second-order valence-electron chi connectivity index (χ2n) is 6.04. The maximum absolute atomic E-state index is 12.6. The van der Waals surface area contributed by atoms with Crippen LogP contribution in [0.25, 0.3) is 0 Å². The zero-order valence-electron chi connectivity index (χ0n) is 14.5.